The van der Waals surface area contributed by atoms with Crippen LogP contribution in [0.5, 0.6) is 11.5 Å². The molecule has 24 heavy (non-hydrogen) atoms. The molecule has 0 atom stereocenters. The van der Waals surface area contributed by atoms with Crippen molar-refractivity contribution < 1.29 is 19.7 Å². The molecule has 128 valence electrons. The van der Waals surface area contributed by atoms with E-state index >= 15 is 0 Å². The molecule has 5 nitrogen and oxygen atoms in total. The fourth-order valence-corrected chi connectivity index (χ4v) is 1.94. The molecule has 0 aliphatic carbocycles. The van der Waals surface area contributed by atoms with Gasteiger partial charge in [0.05, 0.1) is 18.9 Å². The highest BCUT2D eigenvalue weighted by Crippen LogP contribution is 2.18. The zero-order chi connectivity index (χ0) is 17.0. The Bertz CT molecular complexity index is 553. The standard InChI is InChI=1S/C19H23NO4/c21-11-1-13-23-18-7-3-16(4-8-18)15-20-17-5-9-19(10-6-17)24-14-2-12-22/h3-10,15,21-22H,1-2,11-14H2. The first kappa shape index (κ1) is 18.0. The quantitative estimate of drug-likeness (QED) is 0.519. The van der Waals surface area contributed by atoms with Gasteiger partial charge in [-0.25, -0.2) is 0 Å². The molecule has 5 heteroatoms. The fraction of sp³-hybridized carbons (Fsp3) is 0.316. The van der Waals surface area contributed by atoms with Crippen LogP contribution in [0, 0.1) is 0 Å². The molecule has 0 saturated heterocycles. The molecular formula is C19H23NO4. The third-order valence-electron chi connectivity index (χ3n) is 3.22. The minimum absolute atomic E-state index is 0.133. The van der Waals surface area contributed by atoms with Crippen molar-refractivity contribution in [2.24, 2.45) is 4.99 Å². The van der Waals surface area contributed by atoms with Crippen molar-refractivity contribution in [3.8, 4) is 11.5 Å². The fourth-order valence-electron chi connectivity index (χ4n) is 1.94. The molecule has 2 N–H and O–H groups in total. The molecular weight excluding hydrogens is 306 g/mol. The van der Waals surface area contributed by atoms with Crippen molar-refractivity contribution >= 4 is 11.9 Å². The third-order valence-corrected chi connectivity index (χ3v) is 3.22. The van der Waals surface area contributed by atoms with Crippen molar-refractivity contribution in [2.75, 3.05) is 26.4 Å². The van der Waals surface area contributed by atoms with Gasteiger partial charge in [-0.05, 0) is 54.1 Å². The summed E-state index contributed by atoms with van der Waals surface area (Å²) >= 11 is 0. The van der Waals surface area contributed by atoms with Crippen LogP contribution in [0.1, 0.15) is 18.4 Å². The lowest BCUT2D eigenvalue weighted by atomic mass is 10.2. The van der Waals surface area contributed by atoms with E-state index in [1.807, 2.05) is 48.5 Å². The number of hydrogen-bond acceptors (Lipinski definition) is 5. The van der Waals surface area contributed by atoms with Gasteiger partial charge < -0.3 is 19.7 Å². The molecule has 0 saturated carbocycles. The Morgan fingerprint density at radius 1 is 0.750 bits per heavy atom. The SMILES string of the molecule is OCCCOc1ccc(C=Nc2ccc(OCCCO)cc2)cc1. The van der Waals surface area contributed by atoms with Crippen molar-refractivity contribution in [2.45, 2.75) is 12.8 Å². The zero-order valence-corrected chi connectivity index (χ0v) is 13.6. The molecule has 0 unspecified atom stereocenters. The van der Waals surface area contributed by atoms with E-state index < -0.39 is 0 Å². The molecule has 2 aromatic rings. The number of rotatable bonds is 10. The van der Waals surface area contributed by atoms with Crippen LogP contribution in [0.4, 0.5) is 5.69 Å². The third kappa shape index (κ3) is 6.40. The van der Waals surface area contributed by atoms with Gasteiger partial charge in [0.15, 0.2) is 0 Å². The van der Waals surface area contributed by atoms with Gasteiger partial charge >= 0.3 is 0 Å². The van der Waals surface area contributed by atoms with Gasteiger partial charge in [0.1, 0.15) is 11.5 Å². The van der Waals surface area contributed by atoms with Gasteiger partial charge in [-0.15, -0.1) is 0 Å². The molecule has 0 bridgehead atoms. The van der Waals surface area contributed by atoms with Crippen LogP contribution < -0.4 is 9.47 Å². The maximum Gasteiger partial charge on any atom is 0.119 e. The molecule has 0 heterocycles. The highest BCUT2D eigenvalue weighted by molar-refractivity contribution is 5.82. The van der Waals surface area contributed by atoms with Gasteiger partial charge in [0.2, 0.25) is 0 Å². The second-order valence-electron chi connectivity index (χ2n) is 5.17. The summed E-state index contributed by atoms with van der Waals surface area (Å²) in [5.74, 6) is 1.55. The minimum atomic E-state index is 0.133. The number of hydrogen-bond donors (Lipinski definition) is 2. The number of nitrogens with zero attached hydrogens (tertiary/aromatic N) is 1. The summed E-state index contributed by atoms with van der Waals surface area (Å²) in [7, 11) is 0. The van der Waals surface area contributed by atoms with Crippen molar-refractivity contribution in [1.29, 1.82) is 0 Å². The van der Waals surface area contributed by atoms with E-state index in [2.05, 4.69) is 4.99 Å². The first-order valence-corrected chi connectivity index (χ1v) is 8.03. The summed E-state index contributed by atoms with van der Waals surface area (Å²) in [4.78, 5) is 4.42. The maximum atomic E-state index is 8.72. The summed E-state index contributed by atoms with van der Waals surface area (Å²) < 4.78 is 11.0. The van der Waals surface area contributed by atoms with Crippen LogP contribution >= 0.6 is 0 Å². The minimum Gasteiger partial charge on any atom is -0.494 e. The van der Waals surface area contributed by atoms with E-state index in [1.54, 1.807) is 6.21 Å². The molecule has 2 rings (SSSR count). The van der Waals surface area contributed by atoms with E-state index in [1.165, 1.54) is 0 Å². The Morgan fingerprint density at radius 2 is 1.25 bits per heavy atom. The lowest BCUT2D eigenvalue weighted by Crippen LogP contribution is -1.99. The highest BCUT2D eigenvalue weighted by Gasteiger charge is 1.96. The van der Waals surface area contributed by atoms with Gasteiger partial charge in [0.25, 0.3) is 0 Å². The summed E-state index contributed by atoms with van der Waals surface area (Å²) in [6.07, 6.45) is 3.04. The van der Waals surface area contributed by atoms with Crippen LogP contribution in [-0.4, -0.2) is 42.9 Å². The summed E-state index contributed by atoms with van der Waals surface area (Å²) in [5.41, 5.74) is 1.82. The highest BCUT2D eigenvalue weighted by atomic mass is 16.5. The zero-order valence-electron chi connectivity index (χ0n) is 13.6. The topological polar surface area (TPSA) is 71.3 Å². The van der Waals surface area contributed by atoms with Crippen LogP contribution in [0.15, 0.2) is 53.5 Å². The Balaban J connectivity index is 1.86. The lowest BCUT2D eigenvalue weighted by Gasteiger charge is -2.05. The van der Waals surface area contributed by atoms with E-state index in [0.29, 0.717) is 26.1 Å². The van der Waals surface area contributed by atoms with Crippen LogP contribution in [0.25, 0.3) is 0 Å². The lowest BCUT2D eigenvalue weighted by molar-refractivity contribution is 0.233. The normalized spacial score (nSPS) is 10.9. The number of benzene rings is 2. The summed E-state index contributed by atoms with van der Waals surface area (Å²) in [6.45, 7) is 1.28. The van der Waals surface area contributed by atoms with E-state index in [0.717, 1.165) is 22.7 Å². The Labute approximate surface area is 142 Å². The summed E-state index contributed by atoms with van der Waals surface area (Å²) in [5, 5.41) is 17.4. The van der Waals surface area contributed by atoms with E-state index in [4.69, 9.17) is 19.7 Å². The largest absolute Gasteiger partial charge is 0.494 e. The van der Waals surface area contributed by atoms with Gasteiger partial charge in [-0.2, -0.15) is 0 Å². The van der Waals surface area contributed by atoms with Crippen LogP contribution in [0.3, 0.4) is 0 Å². The number of aliphatic hydroxyl groups excluding tert-OH is 2. The molecule has 0 amide bonds. The number of ether oxygens (including phenoxy) is 2. The van der Waals surface area contributed by atoms with E-state index in [9.17, 15) is 0 Å². The number of aliphatic hydroxyl groups is 2. The van der Waals surface area contributed by atoms with Crippen molar-refractivity contribution in [3.63, 3.8) is 0 Å². The van der Waals surface area contributed by atoms with Crippen molar-refractivity contribution in [3.05, 3.63) is 54.1 Å². The molecule has 0 aromatic heterocycles. The molecule has 0 radical (unpaired) electrons. The molecule has 0 spiro atoms. The Morgan fingerprint density at radius 3 is 1.75 bits per heavy atom. The Hall–Kier alpha value is -2.37. The van der Waals surface area contributed by atoms with Crippen molar-refractivity contribution in [1.82, 2.24) is 0 Å². The summed E-state index contributed by atoms with van der Waals surface area (Å²) in [6, 6.07) is 15.1. The van der Waals surface area contributed by atoms with Crippen LogP contribution in [-0.2, 0) is 0 Å². The Kier molecular flexibility index (Phi) is 7.80. The molecule has 2 aromatic carbocycles. The average molecular weight is 329 g/mol. The monoisotopic (exact) mass is 329 g/mol. The maximum absolute atomic E-state index is 8.72. The van der Waals surface area contributed by atoms with Crippen LogP contribution in [0.2, 0.25) is 0 Å². The first-order chi connectivity index (χ1) is 11.8. The van der Waals surface area contributed by atoms with Gasteiger partial charge in [-0.1, -0.05) is 0 Å². The average Bonchev–Trinajstić information content (AvgIpc) is 2.63. The van der Waals surface area contributed by atoms with E-state index in [-0.39, 0.29) is 13.2 Å². The predicted octanol–water partition coefficient (Wildman–Crippen LogP) is 2.96. The molecule has 0 aliphatic heterocycles. The van der Waals surface area contributed by atoms with Gasteiger partial charge in [0, 0.05) is 32.3 Å². The second kappa shape index (κ2) is 10.4. The first-order valence-electron chi connectivity index (χ1n) is 8.03. The molecule has 0 aliphatic rings. The smallest absolute Gasteiger partial charge is 0.119 e. The van der Waals surface area contributed by atoms with Gasteiger partial charge in [-0.3, -0.25) is 4.99 Å². The molecule has 0 fully saturated rings. The second-order valence-corrected chi connectivity index (χ2v) is 5.17. The predicted molar refractivity (Wildman–Crippen MR) is 94.5 cm³/mol. The number of aliphatic imine (C=N–C) groups is 1.